The molecule has 1 fully saturated rings. The number of carbonyl (C=O) groups is 2. The molecule has 0 aromatic heterocycles. The summed E-state index contributed by atoms with van der Waals surface area (Å²) in [7, 11) is 0. The molecule has 1 heterocycles. The highest BCUT2D eigenvalue weighted by molar-refractivity contribution is 8.00. The Bertz CT molecular complexity index is 295. The first-order valence-electron chi connectivity index (χ1n) is 5.60. The number of hydrogen-bond acceptors (Lipinski definition) is 3. The summed E-state index contributed by atoms with van der Waals surface area (Å²) in [6.07, 6.45) is 1.33. The Hall–Kier alpha value is -0.710. The monoisotopic (exact) mass is 245 g/mol. The Morgan fingerprint density at radius 3 is 2.50 bits per heavy atom. The van der Waals surface area contributed by atoms with E-state index in [1.54, 1.807) is 16.7 Å². The summed E-state index contributed by atoms with van der Waals surface area (Å²) < 4.78 is 0. The topological polar surface area (TPSA) is 57.6 Å². The maximum Gasteiger partial charge on any atom is 0.330 e. The van der Waals surface area contributed by atoms with Gasteiger partial charge in [-0.15, -0.1) is 0 Å². The lowest BCUT2D eigenvalue weighted by Gasteiger charge is -2.39. The second-order valence-corrected chi connectivity index (χ2v) is 5.61. The van der Waals surface area contributed by atoms with E-state index in [4.69, 9.17) is 0 Å². The van der Waals surface area contributed by atoms with E-state index in [1.165, 1.54) is 6.92 Å². The molecule has 1 saturated heterocycles. The van der Waals surface area contributed by atoms with Gasteiger partial charge < -0.3 is 10.0 Å². The summed E-state index contributed by atoms with van der Waals surface area (Å²) in [6.45, 7) is 5.83. The maximum atomic E-state index is 11.6. The van der Waals surface area contributed by atoms with E-state index >= 15 is 0 Å². The minimum Gasteiger partial charge on any atom is -0.479 e. The third-order valence-electron chi connectivity index (χ3n) is 3.20. The molecule has 4 nitrogen and oxygen atoms in total. The molecule has 0 aliphatic carbocycles. The number of thioether (sulfide) groups is 1. The molecule has 5 heteroatoms. The summed E-state index contributed by atoms with van der Waals surface area (Å²) >= 11 is 1.63. The lowest BCUT2D eigenvalue weighted by molar-refractivity contribution is -0.158. The molecule has 2 unspecified atom stereocenters. The summed E-state index contributed by atoms with van der Waals surface area (Å²) in [5.41, 5.74) is -0.994. The van der Waals surface area contributed by atoms with Gasteiger partial charge in [-0.05, 0) is 18.6 Å². The number of rotatable bonds is 4. The van der Waals surface area contributed by atoms with E-state index in [-0.39, 0.29) is 11.2 Å². The number of carbonyl (C=O) groups excluding carboxylic acids is 1. The summed E-state index contributed by atoms with van der Waals surface area (Å²) in [5, 5.41) is 9.43. The Morgan fingerprint density at radius 1 is 1.56 bits per heavy atom. The van der Waals surface area contributed by atoms with Crippen LogP contribution in [0.3, 0.4) is 0 Å². The van der Waals surface area contributed by atoms with E-state index in [1.807, 2.05) is 13.8 Å². The molecule has 0 bridgehead atoms. The average molecular weight is 245 g/mol. The number of nitrogens with zero attached hydrogens (tertiary/aromatic N) is 1. The van der Waals surface area contributed by atoms with E-state index in [0.717, 1.165) is 12.2 Å². The van der Waals surface area contributed by atoms with Crippen LogP contribution in [0.1, 0.15) is 33.6 Å². The molecule has 1 N–H and O–H groups in total. The van der Waals surface area contributed by atoms with Crippen molar-refractivity contribution >= 4 is 23.6 Å². The van der Waals surface area contributed by atoms with Gasteiger partial charge in [0.1, 0.15) is 0 Å². The zero-order valence-electron chi connectivity index (χ0n) is 10.0. The number of carboxylic acid groups (broad SMARTS) is 1. The van der Waals surface area contributed by atoms with Crippen molar-refractivity contribution < 1.29 is 14.7 Å². The van der Waals surface area contributed by atoms with Gasteiger partial charge in [-0.3, -0.25) is 4.79 Å². The first-order valence-corrected chi connectivity index (χ1v) is 6.65. The average Bonchev–Trinajstić information content (AvgIpc) is 2.57. The smallest absolute Gasteiger partial charge is 0.330 e. The predicted molar refractivity (Wildman–Crippen MR) is 64.6 cm³/mol. The van der Waals surface area contributed by atoms with E-state index in [0.29, 0.717) is 13.0 Å². The summed E-state index contributed by atoms with van der Waals surface area (Å²) in [5.74, 6) is -0.201. The van der Waals surface area contributed by atoms with Crippen molar-refractivity contribution in [1.29, 1.82) is 0 Å². The zero-order valence-corrected chi connectivity index (χ0v) is 10.8. The molecule has 92 valence electrons. The van der Waals surface area contributed by atoms with E-state index in [9.17, 15) is 14.7 Å². The van der Waals surface area contributed by atoms with Gasteiger partial charge in [-0.25, -0.2) is 4.79 Å². The largest absolute Gasteiger partial charge is 0.479 e. The Balaban J connectivity index is 3.08. The molecule has 1 aliphatic heterocycles. The van der Waals surface area contributed by atoms with Gasteiger partial charge in [-0.2, -0.15) is 11.8 Å². The van der Waals surface area contributed by atoms with Gasteiger partial charge >= 0.3 is 5.97 Å². The molecule has 16 heavy (non-hydrogen) atoms. The Kier molecular flexibility index (Phi) is 4.24. The van der Waals surface area contributed by atoms with Crippen LogP contribution in [-0.4, -0.2) is 45.0 Å². The van der Waals surface area contributed by atoms with Gasteiger partial charge in [-0.1, -0.05) is 13.8 Å². The normalized spacial score (nSPS) is 29.1. The van der Waals surface area contributed by atoms with Crippen molar-refractivity contribution in [3.63, 3.8) is 0 Å². The lowest BCUT2D eigenvalue weighted by Crippen LogP contribution is -2.60. The molecule has 1 aliphatic rings. The zero-order chi connectivity index (χ0) is 12.3. The minimum atomic E-state index is -0.994. The number of carboxylic acids is 1. The molecule has 0 spiro atoms. The van der Waals surface area contributed by atoms with Gasteiger partial charge in [0.2, 0.25) is 5.91 Å². The van der Waals surface area contributed by atoms with Gasteiger partial charge in [0.25, 0.3) is 0 Å². The second kappa shape index (κ2) is 5.08. The number of aliphatic carboxylic acids is 1. The minimum absolute atomic E-state index is 0.0413. The lowest BCUT2D eigenvalue weighted by atomic mass is 9.90. The second-order valence-electron chi connectivity index (χ2n) is 4.16. The molecular weight excluding hydrogens is 226 g/mol. The van der Waals surface area contributed by atoms with Crippen molar-refractivity contribution in [2.75, 3.05) is 12.3 Å². The van der Waals surface area contributed by atoms with Crippen LogP contribution >= 0.6 is 11.8 Å². The van der Waals surface area contributed by atoms with Crippen LogP contribution in [0.25, 0.3) is 0 Å². The fourth-order valence-corrected chi connectivity index (χ4v) is 3.75. The van der Waals surface area contributed by atoms with Crippen molar-refractivity contribution in [3.05, 3.63) is 0 Å². The van der Waals surface area contributed by atoms with Gasteiger partial charge in [0.15, 0.2) is 5.54 Å². The van der Waals surface area contributed by atoms with Crippen LogP contribution < -0.4 is 0 Å². The van der Waals surface area contributed by atoms with E-state index in [2.05, 4.69) is 0 Å². The van der Waals surface area contributed by atoms with Crippen LogP contribution in [0, 0.1) is 0 Å². The van der Waals surface area contributed by atoms with Crippen molar-refractivity contribution in [2.45, 2.75) is 44.4 Å². The summed E-state index contributed by atoms with van der Waals surface area (Å²) in [6, 6.07) is 0. The van der Waals surface area contributed by atoms with Crippen molar-refractivity contribution in [2.24, 2.45) is 0 Å². The third kappa shape index (κ3) is 2.05. The highest BCUT2D eigenvalue weighted by atomic mass is 32.2. The summed E-state index contributed by atoms with van der Waals surface area (Å²) in [4.78, 5) is 24.7. The molecule has 1 rings (SSSR count). The molecule has 0 saturated carbocycles. The SMILES string of the molecule is CCCN(C(C)=O)C1(C(=O)O)CCSC1C. The third-order valence-corrected chi connectivity index (χ3v) is 4.53. The van der Waals surface area contributed by atoms with Gasteiger partial charge in [0, 0.05) is 18.7 Å². The fraction of sp³-hybridized carbons (Fsp3) is 0.818. The van der Waals surface area contributed by atoms with E-state index < -0.39 is 11.5 Å². The number of hydrogen-bond donors (Lipinski definition) is 1. The molecule has 0 radical (unpaired) electrons. The van der Waals surface area contributed by atoms with Crippen LogP contribution in [0.5, 0.6) is 0 Å². The molecule has 1 amide bonds. The maximum absolute atomic E-state index is 11.6. The quantitative estimate of drug-likeness (QED) is 0.817. The predicted octanol–water partition coefficient (Wildman–Crippen LogP) is 1.59. The van der Waals surface area contributed by atoms with Crippen LogP contribution in [-0.2, 0) is 9.59 Å². The number of amides is 1. The van der Waals surface area contributed by atoms with Crippen molar-refractivity contribution in [1.82, 2.24) is 4.90 Å². The molecule has 0 aromatic carbocycles. The van der Waals surface area contributed by atoms with Gasteiger partial charge in [0.05, 0.1) is 0 Å². The Morgan fingerprint density at radius 2 is 2.19 bits per heavy atom. The van der Waals surface area contributed by atoms with Crippen LogP contribution in [0.2, 0.25) is 0 Å². The molecule has 0 aromatic rings. The highest BCUT2D eigenvalue weighted by Crippen LogP contribution is 2.40. The first-order chi connectivity index (χ1) is 7.46. The highest BCUT2D eigenvalue weighted by Gasteiger charge is 2.53. The first kappa shape index (κ1) is 13.4. The van der Waals surface area contributed by atoms with Crippen molar-refractivity contribution in [3.8, 4) is 0 Å². The molecular formula is C11H19NO3S. The fourth-order valence-electron chi connectivity index (χ4n) is 2.34. The standard InChI is InChI=1S/C11H19NO3S/c1-4-6-12(9(3)13)11(10(14)15)5-7-16-8(11)2/h8H,4-7H2,1-3H3,(H,14,15). The molecule has 2 atom stereocenters. The van der Waals surface area contributed by atoms with Crippen LogP contribution in [0.4, 0.5) is 0 Å². The van der Waals surface area contributed by atoms with Crippen LogP contribution in [0.15, 0.2) is 0 Å². The Labute approximate surface area is 100 Å².